The molecule has 2 amide bonds. The number of nitrogens with zero attached hydrogens (tertiary/aromatic N) is 1. The van der Waals surface area contributed by atoms with Crippen LogP contribution in [0.2, 0.25) is 0 Å². The molecule has 0 spiro atoms. The predicted octanol–water partition coefficient (Wildman–Crippen LogP) is 4.03. The first kappa shape index (κ1) is 21.5. The second-order valence-corrected chi connectivity index (χ2v) is 6.62. The molecule has 0 aliphatic heterocycles. The molecule has 0 fully saturated rings. The second-order valence-electron chi connectivity index (χ2n) is 6.62. The molecule has 0 bridgehead atoms. The van der Waals surface area contributed by atoms with E-state index in [9.17, 15) is 9.59 Å². The van der Waals surface area contributed by atoms with Crippen LogP contribution in [0.3, 0.4) is 0 Å². The van der Waals surface area contributed by atoms with Crippen LogP contribution in [-0.2, 0) is 11.3 Å². The fourth-order valence-corrected chi connectivity index (χ4v) is 2.77. The Morgan fingerprint density at radius 3 is 2.36 bits per heavy atom. The van der Waals surface area contributed by atoms with Crippen molar-refractivity contribution in [3.8, 4) is 5.75 Å². The lowest BCUT2D eigenvalue weighted by Crippen LogP contribution is -2.31. The summed E-state index contributed by atoms with van der Waals surface area (Å²) in [6.07, 6.45) is 2.38. The highest BCUT2D eigenvalue weighted by atomic mass is 16.5. The Balaban J connectivity index is 1.75. The molecule has 1 N–H and O–H groups in total. The zero-order valence-corrected chi connectivity index (χ0v) is 16.8. The highest BCUT2D eigenvalue weighted by Gasteiger charge is 2.13. The van der Waals surface area contributed by atoms with Gasteiger partial charge >= 0.3 is 0 Å². The largest absolute Gasteiger partial charge is 0.493 e. The minimum atomic E-state index is -0.0622. The third kappa shape index (κ3) is 7.06. The van der Waals surface area contributed by atoms with Crippen molar-refractivity contribution in [2.45, 2.75) is 39.7 Å². The summed E-state index contributed by atoms with van der Waals surface area (Å²) in [5.41, 5.74) is 1.65. The number of para-hydroxylation sites is 1. The molecule has 0 saturated carbocycles. The number of hydrogen-bond donors (Lipinski definition) is 1. The highest BCUT2D eigenvalue weighted by molar-refractivity contribution is 5.94. The van der Waals surface area contributed by atoms with Crippen LogP contribution in [0.4, 0.5) is 0 Å². The van der Waals surface area contributed by atoms with Gasteiger partial charge in [-0.25, -0.2) is 0 Å². The van der Waals surface area contributed by atoms with Crippen LogP contribution in [0.25, 0.3) is 0 Å². The van der Waals surface area contributed by atoms with Crippen LogP contribution >= 0.6 is 0 Å². The number of ether oxygens (including phenoxy) is 1. The van der Waals surface area contributed by atoms with Gasteiger partial charge in [0.2, 0.25) is 5.91 Å². The maximum absolute atomic E-state index is 12.5. The lowest BCUT2D eigenvalue weighted by molar-refractivity contribution is -0.121. The highest BCUT2D eigenvalue weighted by Crippen LogP contribution is 2.10. The van der Waals surface area contributed by atoms with Crippen LogP contribution in [0.15, 0.2) is 54.6 Å². The number of amides is 2. The number of carbonyl (C=O) groups excluding carboxylic acids is 2. The predicted molar refractivity (Wildman–Crippen MR) is 111 cm³/mol. The first-order valence-electron chi connectivity index (χ1n) is 9.96. The molecule has 0 radical (unpaired) electrons. The summed E-state index contributed by atoms with van der Waals surface area (Å²) in [7, 11) is 0. The van der Waals surface area contributed by atoms with Crippen LogP contribution in [0, 0.1) is 0 Å². The lowest BCUT2D eigenvalue weighted by Gasteiger charge is -2.20. The van der Waals surface area contributed by atoms with Gasteiger partial charge in [0, 0.05) is 25.2 Å². The van der Waals surface area contributed by atoms with Gasteiger partial charge in [-0.2, -0.15) is 0 Å². The first-order chi connectivity index (χ1) is 13.6. The summed E-state index contributed by atoms with van der Waals surface area (Å²) >= 11 is 0. The Bertz CT molecular complexity index is 729. The monoisotopic (exact) mass is 382 g/mol. The van der Waals surface area contributed by atoms with Gasteiger partial charge in [-0.15, -0.1) is 0 Å². The van der Waals surface area contributed by atoms with Crippen molar-refractivity contribution in [1.29, 1.82) is 0 Å². The average molecular weight is 383 g/mol. The van der Waals surface area contributed by atoms with Gasteiger partial charge < -0.3 is 15.0 Å². The summed E-state index contributed by atoms with van der Waals surface area (Å²) in [6, 6.07) is 16.9. The van der Waals surface area contributed by atoms with Crippen molar-refractivity contribution < 1.29 is 14.3 Å². The van der Waals surface area contributed by atoms with E-state index in [2.05, 4.69) is 12.2 Å². The minimum Gasteiger partial charge on any atom is -0.493 e. The maximum atomic E-state index is 12.5. The van der Waals surface area contributed by atoms with Gasteiger partial charge in [-0.1, -0.05) is 43.7 Å². The summed E-state index contributed by atoms with van der Waals surface area (Å²) in [4.78, 5) is 26.4. The molecule has 0 aliphatic rings. The van der Waals surface area contributed by atoms with E-state index < -0.39 is 0 Å². The van der Waals surface area contributed by atoms with Gasteiger partial charge in [0.05, 0.1) is 13.0 Å². The molecular weight excluding hydrogens is 352 g/mol. The summed E-state index contributed by atoms with van der Waals surface area (Å²) in [5, 5.41) is 2.88. The molecule has 0 saturated heterocycles. The molecule has 0 aliphatic carbocycles. The van der Waals surface area contributed by atoms with E-state index >= 15 is 0 Å². The van der Waals surface area contributed by atoms with Gasteiger partial charge in [-0.3, -0.25) is 9.59 Å². The van der Waals surface area contributed by atoms with E-state index in [0.717, 1.165) is 30.7 Å². The van der Waals surface area contributed by atoms with Gasteiger partial charge in [0.1, 0.15) is 5.75 Å². The number of unbranched alkanes of at least 4 members (excludes halogenated alkanes) is 1. The van der Waals surface area contributed by atoms with Crippen LogP contribution in [-0.4, -0.2) is 36.4 Å². The second kappa shape index (κ2) is 11.8. The van der Waals surface area contributed by atoms with E-state index in [1.165, 1.54) is 0 Å². The molecule has 5 nitrogen and oxygen atoms in total. The maximum Gasteiger partial charge on any atom is 0.253 e. The zero-order valence-electron chi connectivity index (χ0n) is 16.8. The third-order valence-corrected chi connectivity index (χ3v) is 4.48. The summed E-state index contributed by atoms with van der Waals surface area (Å²) < 4.78 is 5.53. The van der Waals surface area contributed by atoms with E-state index in [-0.39, 0.29) is 11.8 Å². The third-order valence-electron chi connectivity index (χ3n) is 4.48. The molecule has 0 unspecified atom stereocenters. The average Bonchev–Trinajstić information content (AvgIpc) is 2.74. The van der Waals surface area contributed by atoms with Crippen LogP contribution in [0.1, 0.15) is 49.0 Å². The molecular formula is C23H30N2O3. The van der Waals surface area contributed by atoms with E-state index in [0.29, 0.717) is 31.7 Å². The van der Waals surface area contributed by atoms with Crippen molar-refractivity contribution in [3.05, 3.63) is 65.7 Å². The molecule has 5 heteroatoms. The Labute approximate surface area is 167 Å². The van der Waals surface area contributed by atoms with E-state index in [1.807, 2.05) is 66.4 Å². The standard InChI is InChI=1S/C23H30N2O3/c1-3-5-16-25(4-2)23(27)20-13-11-19(12-14-20)18-24-22(26)15-17-28-21-9-7-6-8-10-21/h6-14H,3-5,15-18H2,1-2H3,(H,24,26). The minimum absolute atomic E-state index is 0.0598. The molecule has 150 valence electrons. The molecule has 2 aromatic carbocycles. The van der Waals surface area contributed by atoms with E-state index in [4.69, 9.17) is 4.74 Å². The SMILES string of the molecule is CCCCN(CC)C(=O)c1ccc(CNC(=O)CCOc2ccccc2)cc1. The molecule has 0 heterocycles. The first-order valence-corrected chi connectivity index (χ1v) is 9.96. The Morgan fingerprint density at radius 2 is 1.71 bits per heavy atom. The van der Waals surface area contributed by atoms with E-state index in [1.54, 1.807) is 0 Å². The van der Waals surface area contributed by atoms with Crippen molar-refractivity contribution >= 4 is 11.8 Å². The molecule has 2 aromatic rings. The molecule has 0 atom stereocenters. The number of nitrogens with one attached hydrogen (secondary N) is 1. The summed E-state index contributed by atoms with van der Waals surface area (Å²) in [5.74, 6) is 0.757. The van der Waals surface area contributed by atoms with Crippen molar-refractivity contribution in [3.63, 3.8) is 0 Å². The number of benzene rings is 2. The zero-order chi connectivity index (χ0) is 20.2. The topological polar surface area (TPSA) is 58.6 Å². The molecule has 2 rings (SSSR count). The van der Waals surface area contributed by atoms with Gasteiger partial charge in [0.25, 0.3) is 5.91 Å². The van der Waals surface area contributed by atoms with Crippen molar-refractivity contribution in [1.82, 2.24) is 10.2 Å². The quantitative estimate of drug-likeness (QED) is 0.638. The molecule has 0 aromatic heterocycles. The van der Waals surface area contributed by atoms with Crippen LogP contribution < -0.4 is 10.1 Å². The lowest BCUT2D eigenvalue weighted by atomic mass is 10.1. The van der Waals surface area contributed by atoms with Crippen molar-refractivity contribution in [2.24, 2.45) is 0 Å². The summed E-state index contributed by atoms with van der Waals surface area (Å²) in [6.45, 7) is 6.39. The van der Waals surface area contributed by atoms with Gasteiger partial charge in [0.15, 0.2) is 0 Å². The number of hydrogen-bond acceptors (Lipinski definition) is 3. The Morgan fingerprint density at radius 1 is 1.00 bits per heavy atom. The Kier molecular flexibility index (Phi) is 9.05. The smallest absolute Gasteiger partial charge is 0.253 e. The number of carbonyl (C=O) groups is 2. The Hall–Kier alpha value is -2.82. The molecule has 28 heavy (non-hydrogen) atoms. The van der Waals surface area contributed by atoms with Gasteiger partial charge in [-0.05, 0) is 43.2 Å². The normalized spacial score (nSPS) is 10.4. The fourth-order valence-electron chi connectivity index (χ4n) is 2.77. The van der Waals surface area contributed by atoms with Crippen LogP contribution in [0.5, 0.6) is 5.75 Å². The van der Waals surface area contributed by atoms with Crippen molar-refractivity contribution in [2.75, 3.05) is 19.7 Å². The number of rotatable bonds is 11. The fraction of sp³-hybridized carbons (Fsp3) is 0.391.